The van der Waals surface area contributed by atoms with Gasteiger partial charge in [-0.2, -0.15) is 0 Å². The predicted molar refractivity (Wildman–Crippen MR) is 113 cm³/mol. The standard InChI is InChI=1S/C24H19N3O3/c28-24-22-21(25-14-27(24)12-11-15-6-2-1-3-7-15)19-16-8-4-9-17(16)20(26-23(19)30-22)18-10-5-13-29-18/h1-3,5-7,10,13-14H,4,8-9,11-12H2. The van der Waals surface area contributed by atoms with Crippen molar-refractivity contribution in [2.24, 2.45) is 0 Å². The van der Waals surface area contributed by atoms with Gasteiger partial charge in [0.2, 0.25) is 11.3 Å². The molecule has 1 aliphatic rings. The van der Waals surface area contributed by atoms with Crippen LogP contribution < -0.4 is 5.56 Å². The van der Waals surface area contributed by atoms with E-state index in [1.165, 1.54) is 16.7 Å². The summed E-state index contributed by atoms with van der Waals surface area (Å²) >= 11 is 0. The van der Waals surface area contributed by atoms with Crippen LogP contribution in [0, 0.1) is 0 Å². The smallest absolute Gasteiger partial charge is 0.297 e. The quantitative estimate of drug-likeness (QED) is 0.445. The van der Waals surface area contributed by atoms with Gasteiger partial charge in [0, 0.05) is 6.54 Å². The van der Waals surface area contributed by atoms with Gasteiger partial charge in [-0.3, -0.25) is 9.36 Å². The molecule has 6 nitrogen and oxygen atoms in total. The molecule has 0 saturated carbocycles. The number of nitrogens with zero attached hydrogens (tertiary/aromatic N) is 3. The number of aryl methyl sites for hydroxylation is 3. The molecular weight excluding hydrogens is 378 g/mol. The molecule has 0 amide bonds. The summed E-state index contributed by atoms with van der Waals surface area (Å²) in [6, 6.07) is 13.9. The molecule has 0 fully saturated rings. The molecule has 0 spiro atoms. The monoisotopic (exact) mass is 397 g/mol. The average Bonchev–Trinajstić information content (AvgIpc) is 3.52. The van der Waals surface area contributed by atoms with Crippen molar-refractivity contribution in [3.8, 4) is 11.5 Å². The first-order valence-corrected chi connectivity index (χ1v) is 10.2. The molecule has 0 aliphatic heterocycles. The summed E-state index contributed by atoms with van der Waals surface area (Å²) in [5.41, 5.74) is 5.53. The molecular formula is C24H19N3O3. The second-order valence-corrected chi connectivity index (χ2v) is 7.69. The minimum absolute atomic E-state index is 0.166. The SMILES string of the molecule is O=c1c2oc3nc(-c4ccco4)c4c(c3c2ncn1CCc1ccccc1)CCC4. The summed E-state index contributed by atoms with van der Waals surface area (Å²) in [6.07, 6.45) is 6.94. The first-order chi connectivity index (χ1) is 14.8. The number of rotatable bonds is 4. The van der Waals surface area contributed by atoms with E-state index in [1.54, 1.807) is 17.2 Å². The number of benzene rings is 1. The zero-order chi connectivity index (χ0) is 20.1. The first-order valence-electron chi connectivity index (χ1n) is 10.2. The summed E-state index contributed by atoms with van der Waals surface area (Å²) in [4.78, 5) is 22.5. The summed E-state index contributed by atoms with van der Waals surface area (Å²) in [5.74, 6) is 0.726. The van der Waals surface area contributed by atoms with Crippen molar-refractivity contribution in [2.75, 3.05) is 0 Å². The third kappa shape index (κ3) is 2.60. The van der Waals surface area contributed by atoms with Crippen LogP contribution in [-0.2, 0) is 25.8 Å². The lowest BCUT2D eigenvalue weighted by atomic mass is 10.0. The Morgan fingerprint density at radius 1 is 1.03 bits per heavy atom. The fourth-order valence-electron chi connectivity index (χ4n) is 4.46. The van der Waals surface area contributed by atoms with Crippen LogP contribution in [0.1, 0.15) is 23.1 Å². The van der Waals surface area contributed by atoms with Gasteiger partial charge in [-0.1, -0.05) is 30.3 Å². The lowest BCUT2D eigenvalue weighted by molar-refractivity contribution is 0.577. The molecule has 1 aliphatic carbocycles. The first kappa shape index (κ1) is 17.2. The van der Waals surface area contributed by atoms with Gasteiger partial charge < -0.3 is 8.83 Å². The fourth-order valence-corrected chi connectivity index (χ4v) is 4.46. The lowest BCUT2D eigenvalue weighted by Gasteiger charge is -2.06. The van der Waals surface area contributed by atoms with Crippen molar-refractivity contribution in [1.29, 1.82) is 0 Å². The molecule has 0 bridgehead atoms. The number of furan rings is 2. The zero-order valence-corrected chi connectivity index (χ0v) is 16.3. The normalized spacial score (nSPS) is 13.3. The highest BCUT2D eigenvalue weighted by Crippen LogP contribution is 2.39. The van der Waals surface area contributed by atoms with Crippen LogP contribution >= 0.6 is 0 Å². The Balaban J connectivity index is 1.50. The second kappa shape index (κ2) is 6.69. The minimum atomic E-state index is -0.166. The Morgan fingerprint density at radius 3 is 2.73 bits per heavy atom. The molecule has 0 radical (unpaired) electrons. The highest BCUT2D eigenvalue weighted by Gasteiger charge is 2.26. The van der Waals surface area contributed by atoms with Gasteiger partial charge in [-0.15, -0.1) is 0 Å². The summed E-state index contributed by atoms with van der Waals surface area (Å²) in [7, 11) is 0. The van der Waals surface area contributed by atoms with Gasteiger partial charge >= 0.3 is 0 Å². The second-order valence-electron chi connectivity index (χ2n) is 7.69. The van der Waals surface area contributed by atoms with E-state index in [0.29, 0.717) is 17.8 Å². The summed E-state index contributed by atoms with van der Waals surface area (Å²) < 4.78 is 13.2. The highest BCUT2D eigenvalue weighted by molar-refractivity contribution is 6.04. The number of hydrogen-bond acceptors (Lipinski definition) is 5. The molecule has 4 aromatic heterocycles. The molecule has 6 heteroatoms. The molecule has 5 aromatic rings. The maximum atomic E-state index is 13.1. The van der Waals surface area contributed by atoms with Crippen molar-refractivity contribution in [3.05, 3.63) is 82.1 Å². The van der Waals surface area contributed by atoms with Crippen LogP contribution in [0.3, 0.4) is 0 Å². The minimum Gasteiger partial charge on any atom is -0.463 e. The average molecular weight is 397 g/mol. The van der Waals surface area contributed by atoms with E-state index in [0.717, 1.165) is 42.5 Å². The van der Waals surface area contributed by atoms with Gasteiger partial charge in [0.25, 0.3) is 5.56 Å². The van der Waals surface area contributed by atoms with Crippen LogP contribution in [-0.4, -0.2) is 14.5 Å². The Labute approximate surface area is 171 Å². The fraction of sp³-hybridized carbons (Fsp3) is 0.208. The number of aromatic nitrogens is 3. The van der Waals surface area contributed by atoms with Gasteiger partial charge in [0.1, 0.15) is 11.2 Å². The number of fused-ring (bicyclic) bond motifs is 5. The molecule has 0 unspecified atom stereocenters. The van der Waals surface area contributed by atoms with Crippen LogP contribution in [0.25, 0.3) is 33.7 Å². The molecule has 0 saturated heterocycles. The Kier molecular flexibility index (Phi) is 3.84. The van der Waals surface area contributed by atoms with Crippen molar-refractivity contribution in [1.82, 2.24) is 14.5 Å². The maximum Gasteiger partial charge on any atom is 0.297 e. The van der Waals surface area contributed by atoms with Crippen molar-refractivity contribution < 1.29 is 8.83 Å². The Morgan fingerprint density at radius 2 is 1.90 bits per heavy atom. The van der Waals surface area contributed by atoms with E-state index in [9.17, 15) is 4.79 Å². The Bertz CT molecular complexity index is 1430. The molecule has 30 heavy (non-hydrogen) atoms. The van der Waals surface area contributed by atoms with Crippen molar-refractivity contribution in [2.45, 2.75) is 32.2 Å². The van der Waals surface area contributed by atoms with E-state index in [-0.39, 0.29) is 11.1 Å². The zero-order valence-electron chi connectivity index (χ0n) is 16.3. The van der Waals surface area contributed by atoms with Gasteiger partial charge in [0.05, 0.1) is 18.0 Å². The third-order valence-electron chi connectivity index (χ3n) is 5.90. The predicted octanol–water partition coefficient (Wildman–Crippen LogP) is 4.53. The largest absolute Gasteiger partial charge is 0.463 e. The van der Waals surface area contributed by atoms with Gasteiger partial charge in [-0.05, 0) is 54.5 Å². The molecule has 1 aromatic carbocycles. The summed E-state index contributed by atoms with van der Waals surface area (Å²) in [6.45, 7) is 0.548. The highest BCUT2D eigenvalue weighted by atomic mass is 16.3. The van der Waals surface area contributed by atoms with E-state index in [4.69, 9.17) is 13.8 Å². The molecule has 6 rings (SSSR count). The topological polar surface area (TPSA) is 74.1 Å². The molecule has 0 N–H and O–H groups in total. The number of hydrogen-bond donors (Lipinski definition) is 0. The lowest BCUT2D eigenvalue weighted by Crippen LogP contribution is -2.21. The summed E-state index contributed by atoms with van der Waals surface area (Å²) in [5, 5.41) is 0.875. The van der Waals surface area contributed by atoms with Gasteiger partial charge in [0.15, 0.2) is 5.76 Å². The van der Waals surface area contributed by atoms with E-state index < -0.39 is 0 Å². The van der Waals surface area contributed by atoms with Crippen LogP contribution in [0.5, 0.6) is 0 Å². The van der Waals surface area contributed by atoms with Crippen LogP contribution in [0.4, 0.5) is 0 Å². The van der Waals surface area contributed by atoms with Crippen LogP contribution in [0.15, 0.2) is 68.7 Å². The third-order valence-corrected chi connectivity index (χ3v) is 5.90. The number of pyridine rings is 1. The molecule has 148 valence electrons. The van der Waals surface area contributed by atoms with Gasteiger partial charge in [-0.25, -0.2) is 9.97 Å². The van der Waals surface area contributed by atoms with Crippen LogP contribution in [0.2, 0.25) is 0 Å². The van der Waals surface area contributed by atoms with Crippen molar-refractivity contribution in [3.63, 3.8) is 0 Å². The molecule has 4 heterocycles. The van der Waals surface area contributed by atoms with Crippen molar-refractivity contribution >= 4 is 22.2 Å². The maximum absolute atomic E-state index is 13.1. The van der Waals surface area contributed by atoms with E-state index in [2.05, 4.69) is 17.1 Å². The molecule has 0 atom stereocenters. The van der Waals surface area contributed by atoms with E-state index in [1.807, 2.05) is 30.3 Å². The Hall–Kier alpha value is -3.67. The van der Waals surface area contributed by atoms with E-state index >= 15 is 0 Å².